The Morgan fingerprint density at radius 1 is 1.33 bits per heavy atom. The van der Waals surface area contributed by atoms with Gasteiger partial charge in [0.25, 0.3) is 5.91 Å². The second kappa shape index (κ2) is 6.72. The number of carboxylic acids is 1. The van der Waals surface area contributed by atoms with E-state index < -0.39 is 12.0 Å². The van der Waals surface area contributed by atoms with Gasteiger partial charge in [0.1, 0.15) is 0 Å². The molecule has 0 aliphatic carbocycles. The Labute approximate surface area is 124 Å². The molecule has 0 radical (unpaired) electrons. The number of amides is 1. The summed E-state index contributed by atoms with van der Waals surface area (Å²) < 4.78 is 5.29. The van der Waals surface area contributed by atoms with Crippen LogP contribution in [0.2, 0.25) is 0 Å². The third-order valence-electron chi connectivity index (χ3n) is 3.72. The van der Waals surface area contributed by atoms with Gasteiger partial charge in [0.05, 0.1) is 25.7 Å². The molecule has 21 heavy (non-hydrogen) atoms. The summed E-state index contributed by atoms with van der Waals surface area (Å²) in [5.41, 5.74) is 1.77. The number of hydrogen-bond acceptors (Lipinski definition) is 3. The van der Waals surface area contributed by atoms with Crippen molar-refractivity contribution >= 4 is 11.9 Å². The highest BCUT2D eigenvalue weighted by Crippen LogP contribution is 2.18. The van der Waals surface area contributed by atoms with Crippen LogP contribution >= 0.6 is 0 Å². The molecule has 1 saturated heterocycles. The first-order valence-electron chi connectivity index (χ1n) is 7.19. The van der Waals surface area contributed by atoms with E-state index in [1.54, 1.807) is 4.90 Å². The van der Waals surface area contributed by atoms with Gasteiger partial charge in [-0.3, -0.25) is 9.59 Å². The third kappa shape index (κ3) is 3.82. The molecule has 1 N–H and O–H groups in total. The average molecular weight is 291 g/mol. The van der Waals surface area contributed by atoms with E-state index in [1.165, 1.54) is 5.56 Å². The summed E-state index contributed by atoms with van der Waals surface area (Å²) >= 11 is 0. The lowest BCUT2D eigenvalue weighted by atomic mass is 10.0. The van der Waals surface area contributed by atoms with E-state index in [1.807, 2.05) is 24.3 Å². The topological polar surface area (TPSA) is 66.8 Å². The molecular weight excluding hydrogens is 270 g/mol. The Morgan fingerprint density at radius 3 is 2.57 bits per heavy atom. The molecule has 1 unspecified atom stereocenters. The molecule has 0 spiro atoms. The van der Waals surface area contributed by atoms with Gasteiger partial charge in [-0.15, -0.1) is 0 Å². The van der Waals surface area contributed by atoms with Gasteiger partial charge < -0.3 is 14.7 Å². The summed E-state index contributed by atoms with van der Waals surface area (Å²) in [6.45, 7) is 5.36. The zero-order chi connectivity index (χ0) is 15.4. The summed E-state index contributed by atoms with van der Waals surface area (Å²) in [6.07, 6.45) is -0.0875. The van der Waals surface area contributed by atoms with E-state index in [0.717, 1.165) is 0 Å². The normalized spacial score (nSPS) is 18.8. The van der Waals surface area contributed by atoms with Gasteiger partial charge in [-0.05, 0) is 23.6 Å². The number of aliphatic carboxylic acids is 1. The smallest absolute Gasteiger partial charge is 0.305 e. The first-order chi connectivity index (χ1) is 9.99. The van der Waals surface area contributed by atoms with Gasteiger partial charge in [-0.2, -0.15) is 0 Å². The molecule has 5 heteroatoms. The molecule has 1 aliphatic rings. The van der Waals surface area contributed by atoms with Crippen molar-refractivity contribution in [1.82, 2.24) is 4.90 Å². The Morgan fingerprint density at radius 2 is 2.00 bits per heavy atom. The van der Waals surface area contributed by atoms with Crippen LogP contribution in [0.25, 0.3) is 0 Å². The largest absolute Gasteiger partial charge is 0.481 e. The van der Waals surface area contributed by atoms with E-state index in [4.69, 9.17) is 9.84 Å². The first kappa shape index (κ1) is 15.5. The number of rotatable bonds is 4. The number of nitrogens with zero attached hydrogens (tertiary/aromatic N) is 1. The quantitative estimate of drug-likeness (QED) is 0.922. The summed E-state index contributed by atoms with van der Waals surface area (Å²) in [4.78, 5) is 25.1. The fraction of sp³-hybridized carbons (Fsp3) is 0.500. The predicted molar refractivity (Wildman–Crippen MR) is 78.4 cm³/mol. The minimum absolute atomic E-state index is 0.0875. The molecule has 1 heterocycles. The molecular formula is C16H21NO4. The second-order valence-electron chi connectivity index (χ2n) is 5.60. The minimum Gasteiger partial charge on any atom is -0.481 e. The Bertz CT molecular complexity index is 510. The van der Waals surface area contributed by atoms with Crippen molar-refractivity contribution in [1.29, 1.82) is 0 Å². The standard InChI is InChI=1S/C16H21NO4/c1-11(2)12-3-5-13(6-4-12)16(20)17-7-8-21-10-14(17)9-15(18)19/h3-6,11,14H,7-10H2,1-2H3,(H,18,19). The zero-order valence-corrected chi connectivity index (χ0v) is 12.4. The van der Waals surface area contributed by atoms with Gasteiger partial charge in [-0.1, -0.05) is 26.0 Å². The lowest BCUT2D eigenvalue weighted by molar-refractivity contribution is -0.139. The highest BCUT2D eigenvalue weighted by Gasteiger charge is 2.29. The van der Waals surface area contributed by atoms with Gasteiger partial charge in [0.15, 0.2) is 0 Å². The Balaban J connectivity index is 2.14. The highest BCUT2D eigenvalue weighted by atomic mass is 16.5. The number of carboxylic acid groups (broad SMARTS) is 1. The highest BCUT2D eigenvalue weighted by molar-refractivity contribution is 5.94. The third-order valence-corrected chi connectivity index (χ3v) is 3.72. The maximum absolute atomic E-state index is 12.6. The maximum Gasteiger partial charge on any atom is 0.305 e. The van der Waals surface area contributed by atoms with E-state index in [2.05, 4.69) is 13.8 Å². The van der Waals surface area contributed by atoms with Crippen LogP contribution in [0, 0.1) is 0 Å². The lowest BCUT2D eigenvalue weighted by Gasteiger charge is -2.35. The van der Waals surface area contributed by atoms with Crippen molar-refractivity contribution in [3.63, 3.8) is 0 Å². The molecule has 1 aliphatic heterocycles. The van der Waals surface area contributed by atoms with Crippen molar-refractivity contribution in [2.24, 2.45) is 0 Å². The Hall–Kier alpha value is -1.88. The molecule has 5 nitrogen and oxygen atoms in total. The van der Waals surface area contributed by atoms with Gasteiger partial charge in [0.2, 0.25) is 0 Å². The van der Waals surface area contributed by atoms with Crippen LogP contribution in [0.3, 0.4) is 0 Å². The van der Waals surface area contributed by atoms with Crippen molar-refractivity contribution in [2.45, 2.75) is 32.2 Å². The second-order valence-corrected chi connectivity index (χ2v) is 5.60. The van der Waals surface area contributed by atoms with Crippen molar-refractivity contribution in [3.8, 4) is 0 Å². The molecule has 114 valence electrons. The van der Waals surface area contributed by atoms with Crippen LogP contribution in [-0.2, 0) is 9.53 Å². The molecule has 1 atom stereocenters. The predicted octanol–water partition coefficient (Wildman–Crippen LogP) is 2.13. The molecule has 1 amide bonds. The molecule has 1 aromatic rings. The van der Waals surface area contributed by atoms with Crippen LogP contribution in [-0.4, -0.2) is 47.7 Å². The van der Waals surface area contributed by atoms with E-state index in [-0.39, 0.29) is 18.9 Å². The summed E-state index contributed by atoms with van der Waals surface area (Å²) in [6, 6.07) is 7.12. The molecule has 1 aromatic carbocycles. The molecule has 0 aromatic heterocycles. The summed E-state index contributed by atoms with van der Waals surface area (Å²) in [5, 5.41) is 8.94. The van der Waals surface area contributed by atoms with Gasteiger partial charge in [0, 0.05) is 12.1 Å². The zero-order valence-electron chi connectivity index (χ0n) is 12.4. The van der Waals surface area contributed by atoms with Crippen LogP contribution in [0.5, 0.6) is 0 Å². The van der Waals surface area contributed by atoms with Crippen LogP contribution in [0.4, 0.5) is 0 Å². The van der Waals surface area contributed by atoms with E-state index >= 15 is 0 Å². The molecule has 0 saturated carbocycles. The van der Waals surface area contributed by atoms with Crippen LogP contribution < -0.4 is 0 Å². The fourth-order valence-electron chi connectivity index (χ4n) is 2.47. The van der Waals surface area contributed by atoms with Crippen LogP contribution in [0.15, 0.2) is 24.3 Å². The maximum atomic E-state index is 12.6. The van der Waals surface area contributed by atoms with Gasteiger partial charge in [-0.25, -0.2) is 0 Å². The number of ether oxygens (including phenoxy) is 1. The number of carbonyl (C=O) groups excluding carboxylic acids is 1. The Kier molecular flexibility index (Phi) is 4.96. The molecule has 2 rings (SSSR count). The molecule has 0 bridgehead atoms. The average Bonchev–Trinajstić information content (AvgIpc) is 2.46. The van der Waals surface area contributed by atoms with Crippen molar-refractivity contribution < 1.29 is 19.4 Å². The summed E-state index contributed by atoms with van der Waals surface area (Å²) in [5.74, 6) is -0.629. The fourth-order valence-corrected chi connectivity index (χ4v) is 2.47. The SMILES string of the molecule is CC(C)c1ccc(C(=O)N2CCOCC2CC(=O)O)cc1. The number of benzene rings is 1. The van der Waals surface area contributed by atoms with Crippen molar-refractivity contribution in [3.05, 3.63) is 35.4 Å². The summed E-state index contributed by atoms with van der Waals surface area (Å²) in [7, 11) is 0. The lowest BCUT2D eigenvalue weighted by Crippen LogP contribution is -2.49. The van der Waals surface area contributed by atoms with Crippen LogP contribution in [0.1, 0.15) is 42.1 Å². The molecule has 1 fully saturated rings. The first-order valence-corrected chi connectivity index (χ1v) is 7.19. The van der Waals surface area contributed by atoms with Gasteiger partial charge >= 0.3 is 5.97 Å². The van der Waals surface area contributed by atoms with E-state index in [9.17, 15) is 9.59 Å². The van der Waals surface area contributed by atoms with E-state index in [0.29, 0.717) is 24.6 Å². The number of hydrogen-bond donors (Lipinski definition) is 1. The number of morpholine rings is 1. The number of carbonyl (C=O) groups is 2. The minimum atomic E-state index is -0.918. The van der Waals surface area contributed by atoms with Crippen molar-refractivity contribution in [2.75, 3.05) is 19.8 Å². The monoisotopic (exact) mass is 291 g/mol.